The Kier molecular flexibility index (Phi) is 7.67. The third kappa shape index (κ3) is 5.25. The second-order valence-corrected chi connectivity index (χ2v) is 10.2. The summed E-state index contributed by atoms with van der Waals surface area (Å²) in [5.41, 5.74) is 2.08. The van der Waals surface area contributed by atoms with Crippen LogP contribution < -0.4 is 10.2 Å². The number of ether oxygens (including phenoxy) is 2. The Labute approximate surface area is 224 Å². The molecule has 2 aromatic carbocycles. The number of benzene rings is 2. The Hall–Kier alpha value is -3.82. The Morgan fingerprint density at radius 1 is 1.08 bits per heavy atom. The van der Waals surface area contributed by atoms with Gasteiger partial charge in [0.05, 0.1) is 18.2 Å². The molecule has 2 aromatic heterocycles. The van der Waals surface area contributed by atoms with Crippen LogP contribution in [0.2, 0.25) is 0 Å². The van der Waals surface area contributed by atoms with Crippen LogP contribution >= 0.6 is 11.3 Å². The molecule has 1 aliphatic heterocycles. The molecule has 7 nitrogen and oxygen atoms in total. The highest BCUT2D eigenvalue weighted by Crippen LogP contribution is 2.31. The first-order chi connectivity index (χ1) is 18.5. The van der Waals surface area contributed by atoms with Crippen molar-refractivity contribution in [1.82, 2.24) is 14.5 Å². The molecule has 5 rings (SSSR count). The number of likely N-dealkylation sites (N-methyl/N-ethyl adjacent to an activating group) is 1. The van der Waals surface area contributed by atoms with Crippen molar-refractivity contribution in [2.75, 3.05) is 20.3 Å². The van der Waals surface area contributed by atoms with Crippen LogP contribution in [0, 0.1) is 5.82 Å². The number of carbonyl (C=O) groups is 1. The molecule has 0 unspecified atom stereocenters. The summed E-state index contributed by atoms with van der Waals surface area (Å²) in [6.07, 6.45) is 4.01. The zero-order chi connectivity index (χ0) is 26.6. The Morgan fingerprint density at radius 2 is 1.84 bits per heavy atom. The monoisotopic (exact) mass is 533 g/mol. The predicted octanol–water partition coefficient (Wildman–Crippen LogP) is 4.77. The fraction of sp³-hybridized carbons (Fsp3) is 0.276. The van der Waals surface area contributed by atoms with E-state index in [9.17, 15) is 14.0 Å². The van der Waals surface area contributed by atoms with Crippen molar-refractivity contribution in [2.45, 2.75) is 32.5 Å². The maximum Gasteiger partial charge on any atom is 0.274 e. The third-order valence-electron chi connectivity index (χ3n) is 6.55. The van der Waals surface area contributed by atoms with E-state index in [2.05, 4.69) is 4.98 Å². The average Bonchev–Trinajstić information content (AvgIpc) is 3.38. The van der Waals surface area contributed by atoms with Gasteiger partial charge in [-0.25, -0.2) is 9.37 Å². The molecule has 0 spiro atoms. The van der Waals surface area contributed by atoms with E-state index in [-0.39, 0.29) is 41.2 Å². The summed E-state index contributed by atoms with van der Waals surface area (Å²) in [7, 11) is 1.61. The quantitative estimate of drug-likeness (QED) is 0.310. The molecule has 0 aliphatic carbocycles. The molecule has 1 amide bonds. The molecule has 0 saturated heterocycles. The van der Waals surface area contributed by atoms with Crippen LogP contribution in [0.25, 0.3) is 10.6 Å². The van der Waals surface area contributed by atoms with Crippen LogP contribution in [0.15, 0.2) is 71.8 Å². The third-order valence-corrected chi connectivity index (χ3v) is 7.58. The van der Waals surface area contributed by atoms with E-state index in [1.54, 1.807) is 41.1 Å². The van der Waals surface area contributed by atoms with Crippen LogP contribution in [-0.4, -0.2) is 46.7 Å². The summed E-state index contributed by atoms with van der Waals surface area (Å²) < 4.78 is 26.6. The maximum atomic E-state index is 13.8. The SMILES string of the molecule is CCN1C(=O)c2c(OCc3ccccc3)c(=O)c(-c3ncc(Cc4ccc(F)cc4)s3)cn2C[C@H]1COC. The van der Waals surface area contributed by atoms with E-state index in [0.717, 1.165) is 16.0 Å². The van der Waals surface area contributed by atoms with Crippen molar-refractivity contribution in [3.63, 3.8) is 0 Å². The number of hydrogen-bond acceptors (Lipinski definition) is 6. The van der Waals surface area contributed by atoms with Gasteiger partial charge in [-0.05, 0) is 30.2 Å². The summed E-state index contributed by atoms with van der Waals surface area (Å²) in [5.74, 6) is -0.517. The van der Waals surface area contributed by atoms with E-state index < -0.39 is 0 Å². The molecule has 9 heteroatoms. The molecule has 0 bridgehead atoms. The van der Waals surface area contributed by atoms with Crippen LogP contribution in [0.1, 0.15) is 33.4 Å². The van der Waals surface area contributed by atoms with Gasteiger partial charge in [-0.15, -0.1) is 11.3 Å². The highest BCUT2D eigenvalue weighted by Gasteiger charge is 2.36. The first kappa shape index (κ1) is 25.8. The second kappa shape index (κ2) is 11.3. The first-order valence-electron chi connectivity index (χ1n) is 12.4. The highest BCUT2D eigenvalue weighted by atomic mass is 32.1. The summed E-state index contributed by atoms with van der Waals surface area (Å²) in [4.78, 5) is 34.6. The Morgan fingerprint density at radius 3 is 2.55 bits per heavy atom. The minimum atomic E-state index is -0.371. The normalized spacial score (nSPS) is 15.0. The number of methoxy groups -OCH3 is 1. The number of halogens is 1. The zero-order valence-electron chi connectivity index (χ0n) is 21.2. The van der Waals surface area contributed by atoms with E-state index in [1.807, 2.05) is 37.3 Å². The zero-order valence-corrected chi connectivity index (χ0v) is 22.0. The minimum Gasteiger partial charge on any atom is -0.483 e. The van der Waals surface area contributed by atoms with Gasteiger partial charge in [0.1, 0.15) is 17.4 Å². The van der Waals surface area contributed by atoms with Crippen molar-refractivity contribution in [1.29, 1.82) is 0 Å². The molecule has 4 aromatic rings. The number of aromatic nitrogens is 2. The number of hydrogen-bond donors (Lipinski definition) is 0. The van der Waals surface area contributed by atoms with Crippen molar-refractivity contribution in [3.05, 3.63) is 105 Å². The van der Waals surface area contributed by atoms with E-state index >= 15 is 0 Å². The lowest BCUT2D eigenvalue weighted by Gasteiger charge is -2.37. The van der Waals surface area contributed by atoms with E-state index in [1.165, 1.54) is 23.5 Å². The molecule has 196 valence electrons. The number of nitrogens with zero attached hydrogens (tertiary/aromatic N) is 3. The number of rotatable bonds is 9. The van der Waals surface area contributed by atoms with Crippen LogP contribution in [0.3, 0.4) is 0 Å². The number of carbonyl (C=O) groups excluding carboxylic acids is 1. The Bertz CT molecular complexity index is 1480. The van der Waals surface area contributed by atoms with Gasteiger partial charge >= 0.3 is 0 Å². The number of thiazole rings is 1. The molecule has 38 heavy (non-hydrogen) atoms. The van der Waals surface area contributed by atoms with Crippen LogP contribution in [0.5, 0.6) is 5.75 Å². The molecule has 1 aliphatic rings. The summed E-state index contributed by atoms with van der Waals surface area (Å²) in [5, 5.41) is 0.542. The fourth-order valence-electron chi connectivity index (χ4n) is 4.70. The first-order valence-corrected chi connectivity index (χ1v) is 13.2. The average molecular weight is 534 g/mol. The van der Waals surface area contributed by atoms with Gasteiger partial charge < -0.3 is 18.9 Å². The van der Waals surface area contributed by atoms with Crippen molar-refractivity contribution in [3.8, 4) is 16.3 Å². The molecular weight excluding hydrogens is 505 g/mol. The fourth-order valence-corrected chi connectivity index (χ4v) is 5.65. The summed E-state index contributed by atoms with van der Waals surface area (Å²) in [6, 6.07) is 15.7. The largest absolute Gasteiger partial charge is 0.483 e. The molecule has 0 N–H and O–H groups in total. The van der Waals surface area contributed by atoms with Crippen molar-refractivity contribution >= 4 is 17.2 Å². The molecular formula is C29H28FN3O4S. The van der Waals surface area contributed by atoms with Gasteiger partial charge in [-0.2, -0.15) is 0 Å². The van der Waals surface area contributed by atoms with Gasteiger partial charge in [0.2, 0.25) is 5.43 Å². The van der Waals surface area contributed by atoms with Gasteiger partial charge in [0.25, 0.3) is 5.91 Å². The smallest absolute Gasteiger partial charge is 0.274 e. The predicted molar refractivity (Wildman–Crippen MR) is 144 cm³/mol. The van der Waals surface area contributed by atoms with Crippen LogP contribution in [-0.2, 0) is 24.3 Å². The van der Waals surface area contributed by atoms with Crippen LogP contribution in [0.4, 0.5) is 4.39 Å². The van der Waals surface area contributed by atoms with E-state index in [4.69, 9.17) is 9.47 Å². The lowest BCUT2D eigenvalue weighted by Crippen LogP contribution is -2.51. The lowest BCUT2D eigenvalue weighted by molar-refractivity contribution is 0.0420. The summed E-state index contributed by atoms with van der Waals surface area (Å²) in [6.45, 7) is 3.39. The van der Waals surface area contributed by atoms with Gasteiger partial charge in [0.15, 0.2) is 11.4 Å². The second-order valence-electron chi connectivity index (χ2n) is 9.11. The standard InChI is InChI=1S/C29H28FN3O4S/c1-3-33-22(18-36-2)15-32-16-24(28-31-14-23(38-28)13-19-9-11-21(30)12-10-19)26(34)27(25(32)29(33)35)37-17-20-7-5-4-6-8-20/h4-12,14,16,22H,3,13,15,17-18H2,1-2H3/t22-/m0/s1. The summed E-state index contributed by atoms with van der Waals surface area (Å²) >= 11 is 1.40. The van der Waals surface area contributed by atoms with Gasteiger partial charge in [0, 0.05) is 43.9 Å². The number of amides is 1. The lowest BCUT2D eigenvalue weighted by atomic mass is 10.1. The molecule has 3 heterocycles. The Balaban J connectivity index is 1.55. The van der Waals surface area contributed by atoms with Gasteiger partial charge in [-0.1, -0.05) is 42.5 Å². The van der Waals surface area contributed by atoms with Gasteiger partial charge in [-0.3, -0.25) is 9.59 Å². The van der Waals surface area contributed by atoms with E-state index in [0.29, 0.717) is 36.7 Å². The molecule has 0 fully saturated rings. The van der Waals surface area contributed by atoms with Crippen molar-refractivity contribution < 1.29 is 18.7 Å². The highest BCUT2D eigenvalue weighted by molar-refractivity contribution is 7.15. The van der Waals surface area contributed by atoms with Crippen molar-refractivity contribution in [2.24, 2.45) is 0 Å². The minimum absolute atomic E-state index is 0.0287. The topological polar surface area (TPSA) is 73.7 Å². The number of fused-ring (bicyclic) bond motifs is 1. The number of pyridine rings is 1. The molecule has 1 atom stereocenters. The maximum absolute atomic E-state index is 13.8. The molecule has 0 saturated carbocycles. The molecule has 0 radical (unpaired) electrons.